The van der Waals surface area contributed by atoms with Crippen molar-refractivity contribution >= 4 is 33.5 Å². The summed E-state index contributed by atoms with van der Waals surface area (Å²) in [6.07, 6.45) is 1.77. The number of nitriles is 1. The van der Waals surface area contributed by atoms with Crippen LogP contribution in [0.4, 0.5) is 0 Å². The summed E-state index contributed by atoms with van der Waals surface area (Å²) in [5.41, 5.74) is 1.42. The third kappa shape index (κ3) is 1.49. The van der Waals surface area contributed by atoms with Crippen LogP contribution in [-0.4, -0.2) is 4.98 Å². The van der Waals surface area contributed by atoms with E-state index in [1.807, 2.05) is 18.2 Å². The lowest BCUT2D eigenvalue weighted by molar-refractivity contribution is 1.37. The van der Waals surface area contributed by atoms with Gasteiger partial charge in [-0.15, -0.1) is 0 Å². The average molecular weight is 280 g/mol. The molecule has 13 heavy (non-hydrogen) atoms. The van der Waals surface area contributed by atoms with E-state index in [0.717, 1.165) is 14.5 Å². The molecule has 2 aromatic rings. The molecule has 0 saturated heterocycles. The van der Waals surface area contributed by atoms with E-state index in [1.54, 1.807) is 12.3 Å². The molecule has 0 spiro atoms. The molecular formula is C10H5IN2. The summed E-state index contributed by atoms with van der Waals surface area (Å²) in [4.78, 5) is 4.22. The quantitative estimate of drug-likeness (QED) is 0.696. The molecule has 62 valence electrons. The van der Waals surface area contributed by atoms with Gasteiger partial charge in [-0.25, -0.2) is 0 Å². The number of hydrogen-bond acceptors (Lipinski definition) is 2. The van der Waals surface area contributed by atoms with E-state index in [0.29, 0.717) is 5.56 Å². The van der Waals surface area contributed by atoms with Gasteiger partial charge >= 0.3 is 0 Å². The van der Waals surface area contributed by atoms with E-state index in [1.165, 1.54) is 0 Å². The zero-order valence-electron chi connectivity index (χ0n) is 6.66. The zero-order chi connectivity index (χ0) is 9.26. The molecule has 1 aromatic heterocycles. The van der Waals surface area contributed by atoms with Gasteiger partial charge in [0.1, 0.15) is 6.07 Å². The maximum Gasteiger partial charge on any atom is 0.101 e. The first-order valence-electron chi connectivity index (χ1n) is 3.75. The first-order valence-corrected chi connectivity index (χ1v) is 4.83. The Morgan fingerprint density at radius 1 is 1.38 bits per heavy atom. The van der Waals surface area contributed by atoms with Crippen molar-refractivity contribution in [2.45, 2.75) is 0 Å². The van der Waals surface area contributed by atoms with Crippen molar-refractivity contribution in [3.05, 3.63) is 39.6 Å². The van der Waals surface area contributed by atoms with Crippen molar-refractivity contribution in [1.82, 2.24) is 4.98 Å². The summed E-state index contributed by atoms with van der Waals surface area (Å²) in [6, 6.07) is 9.76. The highest BCUT2D eigenvalue weighted by Gasteiger charge is 2.00. The smallest absolute Gasteiger partial charge is 0.101 e. The lowest BCUT2D eigenvalue weighted by atomic mass is 10.1. The number of halogens is 1. The lowest BCUT2D eigenvalue weighted by Crippen LogP contribution is -1.84. The fourth-order valence-electron chi connectivity index (χ4n) is 1.22. The van der Waals surface area contributed by atoms with Crippen LogP contribution >= 0.6 is 22.6 Å². The third-order valence-corrected chi connectivity index (χ3v) is 2.39. The highest BCUT2D eigenvalue weighted by Crippen LogP contribution is 2.17. The molecule has 0 aliphatic heterocycles. The fourth-order valence-corrected chi connectivity index (χ4v) is 1.70. The minimum atomic E-state index is 0.633. The van der Waals surface area contributed by atoms with Crippen LogP contribution in [0.3, 0.4) is 0 Å². The Balaban J connectivity index is 2.87. The number of nitrogens with zero attached hydrogens (tertiary/aromatic N) is 2. The Labute approximate surface area is 89.4 Å². The van der Waals surface area contributed by atoms with E-state index in [9.17, 15) is 0 Å². The first-order chi connectivity index (χ1) is 6.31. The molecule has 0 unspecified atom stereocenters. The Kier molecular flexibility index (Phi) is 2.15. The molecule has 2 rings (SSSR count). The third-order valence-electron chi connectivity index (χ3n) is 1.80. The van der Waals surface area contributed by atoms with Gasteiger partial charge in [0.15, 0.2) is 0 Å². The number of fused-ring (bicyclic) bond motifs is 1. The van der Waals surface area contributed by atoms with Gasteiger partial charge in [0, 0.05) is 15.2 Å². The summed E-state index contributed by atoms with van der Waals surface area (Å²) >= 11 is 2.21. The van der Waals surface area contributed by atoms with Crippen molar-refractivity contribution in [1.29, 1.82) is 5.26 Å². The molecule has 0 amide bonds. The summed E-state index contributed by atoms with van der Waals surface area (Å²) in [7, 11) is 0. The SMILES string of the molecule is N#Cc1cccc2cc(I)cnc12. The van der Waals surface area contributed by atoms with Crippen LogP contribution in [0, 0.1) is 14.9 Å². The van der Waals surface area contributed by atoms with Gasteiger partial charge in [0.25, 0.3) is 0 Å². The van der Waals surface area contributed by atoms with Crippen LogP contribution in [0.2, 0.25) is 0 Å². The maximum absolute atomic E-state index is 8.81. The molecule has 1 heterocycles. The van der Waals surface area contributed by atoms with Gasteiger partial charge in [0.2, 0.25) is 0 Å². The summed E-state index contributed by atoms with van der Waals surface area (Å²) in [6.45, 7) is 0. The number of hydrogen-bond donors (Lipinski definition) is 0. The van der Waals surface area contributed by atoms with E-state index < -0.39 is 0 Å². The van der Waals surface area contributed by atoms with Gasteiger partial charge in [-0.2, -0.15) is 5.26 Å². The Morgan fingerprint density at radius 3 is 3.00 bits per heavy atom. The highest BCUT2D eigenvalue weighted by atomic mass is 127. The summed E-state index contributed by atoms with van der Waals surface area (Å²) in [5.74, 6) is 0. The Bertz CT molecular complexity index is 500. The Hall–Kier alpha value is -1.15. The number of para-hydroxylation sites is 1. The van der Waals surface area contributed by atoms with Crippen LogP contribution in [0.5, 0.6) is 0 Å². The number of pyridine rings is 1. The minimum absolute atomic E-state index is 0.633. The van der Waals surface area contributed by atoms with Crippen molar-refractivity contribution in [3.8, 4) is 6.07 Å². The molecule has 0 aliphatic carbocycles. The predicted octanol–water partition coefficient (Wildman–Crippen LogP) is 2.71. The van der Waals surface area contributed by atoms with E-state index in [-0.39, 0.29) is 0 Å². The van der Waals surface area contributed by atoms with Crippen LogP contribution < -0.4 is 0 Å². The zero-order valence-corrected chi connectivity index (χ0v) is 8.82. The molecule has 0 saturated carbocycles. The van der Waals surface area contributed by atoms with Gasteiger partial charge in [-0.05, 0) is 34.7 Å². The van der Waals surface area contributed by atoms with Crippen molar-refractivity contribution in [3.63, 3.8) is 0 Å². The number of rotatable bonds is 0. The van der Waals surface area contributed by atoms with E-state index >= 15 is 0 Å². The molecule has 0 radical (unpaired) electrons. The van der Waals surface area contributed by atoms with Crippen molar-refractivity contribution < 1.29 is 0 Å². The molecule has 0 atom stereocenters. The highest BCUT2D eigenvalue weighted by molar-refractivity contribution is 14.1. The van der Waals surface area contributed by atoms with Gasteiger partial charge in [-0.1, -0.05) is 12.1 Å². The number of aromatic nitrogens is 1. The maximum atomic E-state index is 8.81. The molecule has 3 heteroatoms. The van der Waals surface area contributed by atoms with Crippen molar-refractivity contribution in [2.24, 2.45) is 0 Å². The van der Waals surface area contributed by atoms with E-state index in [4.69, 9.17) is 5.26 Å². The fraction of sp³-hybridized carbons (Fsp3) is 0. The van der Waals surface area contributed by atoms with Crippen LogP contribution in [0.15, 0.2) is 30.5 Å². The Morgan fingerprint density at radius 2 is 2.23 bits per heavy atom. The summed E-state index contributed by atoms with van der Waals surface area (Å²) in [5, 5.41) is 9.83. The minimum Gasteiger partial charge on any atom is -0.254 e. The standard InChI is InChI=1S/C10H5IN2/c11-9-4-7-2-1-3-8(5-12)10(7)13-6-9/h1-4,6H. The summed E-state index contributed by atoms with van der Waals surface area (Å²) < 4.78 is 1.08. The second-order valence-corrected chi connectivity index (χ2v) is 3.89. The van der Waals surface area contributed by atoms with Gasteiger partial charge in [-0.3, -0.25) is 4.98 Å². The first kappa shape index (κ1) is 8.45. The lowest BCUT2D eigenvalue weighted by Gasteiger charge is -1.98. The van der Waals surface area contributed by atoms with Crippen LogP contribution in [0.1, 0.15) is 5.56 Å². The molecule has 0 bridgehead atoms. The molecule has 2 nitrogen and oxygen atoms in total. The predicted molar refractivity (Wildman–Crippen MR) is 59.2 cm³/mol. The molecule has 0 fully saturated rings. The van der Waals surface area contributed by atoms with Gasteiger partial charge < -0.3 is 0 Å². The van der Waals surface area contributed by atoms with Crippen LogP contribution in [0.25, 0.3) is 10.9 Å². The second-order valence-electron chi connectivity index (χ2n) is 2.64. The average Bonchev–Trinajstić information content (AvgIpc) is 2.16. The van der Waals surface area contributed by atoms with Gasteiger partial charge in [0.05, 0.1) is 11.1 Å². The molecule has 0 aliphatic rings. The topological polar surface area (TPSA) is 36.7 Å². The van der Waals surface area contributed by atoms with Crippen LogP contribution in [-0.2, 0) is 0 Å². The normalized spacial score (nSPS) is 9.85. The number of benzene rings is 1. The molecular weight excluding hydrogens is 275 g/mol. The molecule has 0 N–H and O–H groups in total. The van der Waals surface area contributed by atoms with Crippen molar-refractivity contribution in [2.75, 3.05) is 0 Å². The largest absolute Gasteiger partial charge is 0.254 e. The monoisotopic (exact) mass is 280 g/mol. The van der Waals surface area contributed by atoms with E-state index in [2.05, 4.69) is 33.6 Å². The second kappa shape index (κ2) is 3.30. The molecule has 1 aromatic carbocycles.